The van der Waals surface area contributed by atoms with Gasteiger partial charge in [0.2, 0.25) is 0 Å². The molecule has 0 spiro atoms. The fraction of sp³-hybridized carbons (Fsp3) is 0.333. The SMILES string of the molecule is CCCCc1ccc(NCc2ccc(O)c(OC)c2)cc1. The number of rotatable bonds is 7. The molecule has 0 heterocycles. The minimum Gasteiger partial charge on any atom is -0.504 e. The standard InChI is InChI=1S/C18H23NO2/c1-3-4-5-14-6-9-16(10-7-14)19-13-15-8-11-17(20)18(12-15)21-2/h6-12,19-20H,3-5,13H2,1-2H3. The molecule has 0 saturated heterocycles. The molecular formula is C18H23NO2. The van der Waals surface area contributed by atoms with E-state index in [1.807, 2.05) is 12.1 Å². The molecule has 2 rings (SSSR count). The monoisotopic (exact) mass is 285 g/mol. The van der Waals surface area contributed by atoms with E-state index in [9.17, 15) is 5.11 Å². The molecule has 21 heavy (non-hydrogen) atoms. The number of ether oxygens (including phenoxy) is 1. The number of benzene rings is 2. The highest BCUT2D eigenvalue weighted by atomic mass is 16.5. The maximum atomic E-state index is 9.58. The van der Waals surface area contributed by atoms with Crippen LogP contribution in [0.4, 0.5) is 5.69 Å². The van der Waals surface area contributed by atoms with E-state index in [-0.39, 0.29) is 5.75 Å². The summed E-state index contributed by atoms with van der Waals surface area (Å²) in [6.45, 7) is 2.91. The Morgan fingerprint density at radius 3 is 2.43 bits per heavy atom. The van der Waals surface area contributed by atoms with Gasteiger partial charge in [-0.15, -0.1) is 0 Å². The molecule has 2 aromatic rings. The Kier molecular flexibility index (Phi) is 5.50. The quantitative estimate of drug-likeness (QED) is 0.794. The summed E-state index contributed by atoms with van der Waals surface area (Å²) >= 11 is 0. The highest BCUT2D eigenvalue weighted by molar-refractivity contribution is 5.47. The molecule has 0 amide bonds. The molecule has 0 unspecified atom stereocenters. The molecule has 0 radical (unpaired) electrons. The highest BCUT2D eigenvalue weighted by Gasteiger charge is 2.02. The first-order valence-electron chi connectivity index (χ1n) is 7.41. The molecule has 0 bridgehead atoms. The van der Waals surface area contributed by atoms with E-state index in [0.29, 0.717) is 12.3 Å². The van der Waals surface area contributed by atoms with Crippen molar-refractivity contribution in [3.63, 3.8) is 0 Å². The first kappa shape index (κ1) is 15.2. The van der Waals surface area contributed by atoms with Crippen molar-refractivity contribution in [2.45, 2.75) is 32.7 Å². The van der Waals surface area contributed by atoms with Crippen molar-refractivity contribution in [1.29, 1.82) is 0 Å². The van der Waals surface area contributed by atoms with Gasteiger partial charge in [0.25, 0.3) is 0 Å². The van der Waals surface area contributed by atoms with Crippen LogP contribution in [0.5, 0.6) is 11.5 Å². The minimum absolute atomic E-state index is 0.168. The topological polar surface area (TPSA) is 41.5 Å². The van der Waals surface area contributed by atoms with Crippen LogP contribution >= 0.6 is 0 Å². The van der Waals surface area contributed by atoms with Gasteiger partial charge in [-0.3, -0.25) is 0 Å². The second-order valence-electron chi connectivity index (χ2n) is 5.16. The van der Waals surface area contributed by atoms with Gasteiger partial charge in [0.05, 0.1) is 7.11 Å². The van der Waals surface area contributed by atoms with E-state index in [0.717, 1.165) is 17.7 Å². The van der Waals surface area contributed by atoms with Crippen LogP contribution in [0.3, 0.4) is 0 Å². The molecular weight excluding hydrogens is 262 g/mol. The fourth-order valence-corrected chi connectivity index (χ4v) is 2.21. The van der Waals surface area contributed by atoms with Crippen molar-refractivity contribution >= 4 is 5.69 Å². The van der Waals surface area contributed by atoms with Gasteiger partial charge < -0.3 is 15.2 Å². The number of hydrogen-bond donors (Lipinski definition) is 2. The number of methoxy groups -OCH3 is 1. The van der Waals surface area contributed by atoms with E-state index in [1.165, 1.54) is 18.4 Å². The van der Waals surface area contributed by atoms with E-state index in [4.69, 9.17) is 4.74 Å². The predicted octanol–water partition coefficient (Wildman–Crippen LogP) is 4.36. The van der Waals surface area contributed by atoms with Crippen molar-refractivity contribution in [3.05, 3.63) is 53.6 Å². The zero-order chi connectivity index (χ0) is 15.1. The van der Waals surface area contributed by atoms with Gasteiger partial charge >= 0.3 is 0 Å². The molecule has 0 atom stereocenters. The van der Waals surface area contributed by atoms with Crippen molar-refractivity contribution in [2.24, 2.45) is 0 Å². The lowest BCUT2D eigenvalue weighted by atomic mass is 10.1. The zero-order valence-electron chi connectivity index (χ0n) is 12.7. The van der Waals surface area contributed by atoms with E-state index in [2.05, 4.69) is 36.5 Å². The number of phenolic OH excluding ortho intramolecular Hbond substituents is 1. The molecule has 0 aliphatic rings. The average molecular weight is 285 g/mol. The summed E-state index contributed by atoms with van der Waals surface area (Å²) in [5.41, 5.74) is 3.55. The molecule has 0 aliphatic heterocycles. The number of unbranched alkanes of at least 4 members (excludes halogenated alkanes) is 1. The number of aromatic hydroxyl groups is 1. The Bertz CT molecular complexity index is 564. The third kappa shape index (κ3) is 4.42. The van der Waals surface area contributed by atoms with Crippen molar-refractivity contribution in [3.8, 4) is 11.5 Å². The maximum absolute atomic E-state index is 9.58. The van der Waals surface area contributed by atoms with Gasteiger partial charge in [-0.05, 0) is 48.2 Å². The van der Waals surface area contributed by atoms with E-state index >= 15 is 0 Å². The van der Waals surface area contributed by atoms with Crippen LogP contribution in [0.25, 0.3) is 0 Å². The summed E-state index contributed by atoms with van der Waals surface area (Å²) in [5, 5.41) is 13.0. The molecule has 2 aromatic carbocycles. The zero-order valence-corrected chi connectivity index (χ0v) is 12.7. The van der Waals surface area contributed by atoms with Gasteiger partial charge in [-0.2, -0.15) is 0 Å². The lowest BCUT2D eigenvalue weighted by Crippen LogP contribution is -2.00. The summed E-state index contributed by atoms with van der Waals surface area (Å²) in [6, 6.07) is 14.0. The summed E-state index contributed by atoms with van der Waals surface area (Å²) < 4.78 is 5.11. The number of aryl methyl sites for hydroxylation is 1. The molecule has 0 aromatic heterocycles. The Balaban J connectivity index is 1.93. The third-order valence-corrected chi connectivity index (χ3v) is 3.51. The molecule has 2 N–H and O–H groups in total. The average Bonchev–Trinajstić information content (AvgIpc) is 2.53. The van der Waals surface area contributed by atoms with Gasteiger partial charge in [-0.25, -0.2) is 0 Å². The fourth-order valence-electron chi connectivity index (χ4n) is 2.21. The van der Waals surface area contributed by atoms with Crippen LogP contribution in [0.1, 0.15) is 30.9 Å². The lowest BCUT2D eigenvalue weighted by Gasteiger charge is -2.10. The van der Waals surface area contributed by atoms with Crippen molar-refractivity contribution in [2.75, 3.05) is 12.4 Å². The molecule has 112 valence electrons. The molecule has 0 saturated carbocycles. The summed E-state index contributed by atoms with van der Waals surface area (Å²) in [4.78, 5) is 0. The summed E-state index contributed by atoms with van der Waals surface area (Å²) in [7, 11) is 1.56. The molecule has 3 nitrogen and oxygen atoms in total. The summed E-state index contributed by atoms with van der Waals surface area (Å²) in [5.74, 6) is 0.672. The molecule has 0 fully saturated rings. The second-order valence-corrected chi connectivity index (χ2v) is 5.16. The number of nitrogens with one attached hydrogen (secondary N) is 1. The van der Waals surface area contributed by atoms with Gasteiger partial charge in [0, 0.05) is 12.2 Å². The lowest BCUT2D eigenvalue weighted by molar-refractivity contribution is 0.373. The van der Waals surface area contributed by atoms with Gasteiger partial charge in [0.1, 0.15) is 0 Å². The van der Waals surface area contributed by atoms with Crippen molar-refractivity contribution in [1.82, 2.24) is 0 Å². The number of phenols is 1. The van der Waals surface area contributed by atoms with Crippen LogP contribution in [-0.2, 0) is 13.0 Å². The van der Waals surface area contributed by atoms with Crippen molar-refractivity contribution < 1.29 is 9.84 Å². The Morgan fingerprint density at radius 2 is 1.76 bits per heavy atom. The largest absolute Gasteiger partial charge is 0.504 e. The normalized spacial score (nSPS) is 10.4. The third-order valence-electron chi connectivity index (χ3n) is 3.51. The number of anilines is 1. The van der Waals surface area contributed by atoms with Crippen LogP contribution in [0, 0.1) is 0 Å². The maximum Gasteiger partial charge on any atom is 0.160 e. The first-order chi connectivity index (χ1) is 10.2. The van der Waals surface area contributed by atoms with Crippen LogP contribution in [0.2, 0.25) is 0 Å². The Hall–Kier alpha value is -2.16. The summed E-state index contributed by atoms with van der Waals surface area (Å²) in [6.07, 6.45) is 3.61. The van der Waals surface area contributed by atoms with E-state index in [1.54, 1.807) is 13.2 Å². The smallest absolute Gasteiger partial charge is 0.160 e. The van der Waals surface area contributed by atoms with E-state index < -0.39 is 0 Å². The second kappa shape index (κ2) is 7.58. The highest BCUT2D eigenvalue weighted by Crippen LogP contribution is 2.26. The first-order valence-corrected chi connectivity index (χ1v) is 7.41. The van der Waals surface area contributed by atoms with Gasteiger partial charge in [-0.1, -0.05) is 31.5 Å². The van der Waals surface area contributed by atoms with Crippen LogP contribution in [-0.4, -0.2) is 12.2 Å². The van der Waals surface area contributed by atoms with Crippen LogP contribution < -0.4 is 10.1 Å². The minimum atomic E-state index is 0.168. The predicted molar refractivity (Wildman–Crippen MR) is 87.0 cm³/mol. The molecule has 3 heteroatoms. The van der Waals surface area contributed by atoms with Gasteiger partial charge in [0.15, 0.2) is 11.5 Å². The Morgan fingerprint density at radius 1 is 1.05 bits per heavy atom. The van der Waals surface area contributed by atoms with Crippen LogP contribution in [0.15, 0.2) is 42.5 Å². The molecule has 0 aliphatic carbocycles. The Labute approximate surface area is 126 Å². The number of hydrogen-bond acceptors (Lipinski definition) is 3.